The molecule has 0 aliphatic heterocycles. The van der Waals surface area contributed by atoms with Gasteiger partial charge in [0.05, 0.1) is 25.7 Å². The first kappa shape index (κ1) is 24.6. The number of alkyl carbamates (subject to hydrolysis) is 1. The SMILES string of the molecule is CCOc1ccc(Cc2nc(-c3cccc4c3CCC4NC(=O)OC(C)(C)C)no2)cc1OCC. The van der Waals surface area contributed by atoms with Gasteiger partial charge in [-0.25, -0.2) is 4.79 Å². The fourth-order valence-corrected chi connectivity index (χ4v) is 4.28. The maximum Gasteiger partial charge on any atom is 0.408 e. The summed E-state index contributed by atoms with van der Waals surface area (Å²) in [6.07, 6.45) is 1.68. The second-order valence-corrected chi connectivity index (χ2v) is 9.45. The molecule has 1 atom stereocenters. The van der Waals surface area contributed by atoms with E-state index in [4.69, 9.17) is 18.7 Å². The molecule has 1 aliphatic rings. The van der Waals surface area contributed by atoms with Crippen molar-refractivity contribution < 1.29 is 23.5 Å². The Morgan fingerprint density at radius 1 is 1.11 bits per heavy atom. The van der Waals surface area contributed by atoms with Crippen molar-refractivity contribution in [2.75, 3.05) is 13.2 Å². The van der Waals surface area contributed by atoms with Gasteiger partial charge in [0.15, 0.2) is 11.5 Å². The molecule has 3 aromatic rings. The van der Waals surface area contributed by atoms with Gasteiger partial charge in [-0.05, 0) is 76.3 Å². The van der Waals surface area contributed by atoms with Crippen LogP contribution in [0.5, 0.6) is 11.5 Å². The van der Waals surface area contributed by atoms with Crippen LogP contribution in [-0.2, 0) is 17.6 Å². The van der Waals surface area contributed by atoms with E-state index in [1.54, 1.807) is 0 Å². The van der Waals surface area contributed by atoms with Crippen LogP contribution in [0.25, 0.3) is 11.4 Å². The molecule has 186 valence electrons. The lowest BCUT2D eigenvalue weighted by atomic mass is 10.0. The molecule has 1 heterocycles. The number of carbonyl (C=O) groups is 1. The third kappa shape index (κ3) is 5.93. The van der Waals surface area contributed by atoms with Gasteiger partial charge in [-0.2, -0.15) is 4.98 Å². The zero-order valence-corrected chi connectivity index (χ0v) is 21.0. The molecule has 2 aromatic carbocycles. The van der Waals surface area contributed by atoms with Crippen molar-refractivity contribution in [3.63, 3.8) is 0 Å². The Bertz CT molecular complexity index is 1180. The summed E-state index contributed by atoms with van der Waals surface area (Å²) in [7, 11) is 0. The molecule has 8 nitrogen and oxygen atoms in total. The normalized spacial score (nSPS) is 14.9. The maximum atomic E-state index is 12.3. The third-order valence-corrected chi connectivity index (χ3v) is 5.63. The van der Waals surface area contributed by atoms with E-state index >= 15 is 0 Å². The van der Waals surface area contributed by atoms with Gasteiger partial charge in [0.2, 0.25) is 11.7 Å². The van der Waals surface area contributed by atoms with Crippen LogP contribution in [0, 0.1) is 0 Å². The number of nitrogens with one attached hydrogen (secondary N) is 1. The van der Waals surface area contributed by atoms with Gasteiger partial charge in [-0.1, -0.05) is 29.4 Å². The number of carbonyl (C=O) groups excluding carboxylic acids is 1. The lowest BCUT2D eigenvalue weighted by Gasteiger charge is -2.22. The van der Waals surface area contributed by atoms with Crippen molar-refractivity contribution in [3.8, 4) is 22.9 Å². The van der Waals surface area contributed by atoms with Crippen LogP contribution < -0.4 is 14.8 Å². The number of amides is 1. The van der Waals surface area contributed by atoms with Crippen LogP contribution in [-0.4, -0.2) is 35.0 Å². The highest BCUT2D eigenvalue weighted by atomic mass is 16.6. The summed E-state index contributed by atoms with van der Waals surface area (Å²) in [6.45, 7) is 10.6. The highest BCUT2D eigenvalue weighted by molar-refractivity contribution is 5.70. The first-order valence-corrected chi connectivity index (χ1v) is 12.1. The van der Waals surface area contributed by atoms with Crippen molar-refractivity contribution in [2.45, 2.75) is 65.5 Å². The summed E-state index contributed by atoms with van der Waals surface area (Å²) in [5, 5.41) is 7.24. The van der Waals surface area contributed by atoms with E-state index in [0.717, 1.165) is 40.8 Å². The summed E-state index contributed by atoms with van der Waals surface area (Å²) in [5.41, 5.74) is 3.56. The highest BCUT2D eigenvalue weighted by Gasteiger charge is 2.29. The standard InChI is InChI=1S/C27H33N3O5/c1-6-32-22-14-11-17(15-23(22)33-7-2)16-24-29-25(30-35-24)20-10-8-9-19-18(20)12-13-21(19)28-26(31)34-27(3,4)5/h8-11,14-15,21H,6-7,12-13,16H2,1-5H3,(H,28,31). The zero-order valence-electron chi connectivity index (χ0n) is 21.0. The maximum absolute atomic E-state index is 12.3. The number of ether oxygens (including phenoxy) is 3. The molecule has 1 N–H and O–H groups in total. The molecule has 0 radical (unpaired) electrons. The van der Waals surface area contributed by atoms with Gasteiger partial charge in [-0.15, -0.1) is 0 Å². The van der Waals surface area contributed by atoms with Crippen LogP contribution >= 0.6 is 0 Å². The van der Waals surface area contributed by atoms with Crippen LogP contribution in [0.15, 0.2) is 40.9 Å². The van der Waals surface area contributed by atoms with E-state index in [2.05, 4.69) is 15.5 Å². The average Bonchev–Trinajstić information content (AvgIpc) is 3.42. The van der Waals surface area contributed by atoms with E-state index in [1.165, 1.54) is 0 Å². The number of hydrogen-bond donors (Lipinski definition) is 1. The average molecular weight is 480 g/mol. The molecule has 1 amide bonds. The Morgan fingerprint density at radius 3 is 2.63 bits per heavy atom. The fraction of sp³-hybridized carbons (Fsp3) is 0.444. The number of benzene rings is 2. The van der Waals surface area contributed by atoms with E-state index in [1.807, 2.05) is 71.0 Å². The number of nitrogens with zero attached hydrogens (tertiary/aromatic N) is 2. The number of aromatic nitrogens is 2. The van der Waals surface area contributed by atoms with Crippen LogP contribution in [0.2, 0.25) is 0 Å². The lowest BCUT2D eigenvalue weighted by Crippen LogP contribution is -2.34. The van der Waals surface area contributed by atoms with Gasteiger partial charge >= 0.3 is 6.09 Å². The molecule has 4 rings (SSSR count). The summed E-state index contributed by atoms with van der Waals surface area (Å²) < 4.78 is 22.4. The van der Waals surface area contributed by atoms with E-state index in [0.29, 0.717) is 37.1 Å². The van der Waals surface area contributed by atoms with Crippen LogP contribution in [0.1, 0.15) is 69.7 Å². The van der Waals surface area contributed by atoms with Gasteiger partial charge in [-0.3, -0.25) is 0 Å². The first-order chi connectivity index (χ1) is 16.8. The predicted molar refractivity (Wildman–Crippen MR) is 132 cm³/mol. The van der Waals surface area contributed by atoms with Crippen molar-refractivity contribution >= 4 is 6.09 Å². The minimum atomic E-state index is -0.541. The monoisotopic (exact) mass is 479 g/mol. The fourth-order valence-electron chi connectivity index (χ4n) is 4.28. The minimum Gasteiger partial charge on any atom is -0.490 e. The van der Waals surface area contributed by atoms with Crippen molar-refractivity contribution in [1.82, 2.24) is 15.5 Å². The van der Waals surface area contributed by atoms with Crippen molar-refractivity contribution in [3.05, 3.63) is 59.0 Å². The predicted octanol–water partition coefficient (Wildman–Crippen LogP) is 5.64. The van der Waals surface area contributed by atoms with Gasteiger partial charge < -0.3 is 24.1 Å². The van der Waals surface area contributed by atoms with Crippen LogP contribution in [0.4, 0.5) is 4.79 Å². The van der Waals surface area contributed by atoms with E-state index in [9.17, 15) is 4.79 Å². The quantitative estimate of drug-likeness (QED) is 0.447. The van der Waals surface area contributed by atoms with Crippen molar-refractivity contribution in [2.24, 2.45) is 0 Å². The summed E-state index contributed by atoms with van der Waals surface area (Å²) >= 11 is 0. The topological polar surface area (TPSA) is 95.7 Å². The van der Waals surface area contributed by atoms with Gasteiger partial charge in [0.25, 0.3) is 0 Å². The lowest BCUT2D eigenvalue weighted by molar-refractivity contribution is 0.0503. The highest BCUT2D eigenvalue weighted by Crippen LogP contribution is 2.37. The molecular weight excluding hydrogens is 446 g/mol. The second kappa shape index (κ2) is 10.4. The Labute approximate surface area is 206 Å². The minimum absolute atomic E-state index is 0.105. The molecule has 0 spiro atoms. The molecule has 8 heteroatoms. The van der Waals surface area contributed by atoms with E-state index < -0.39 is 11.7 Å². The number of rotatable bonds is 8. The van der Waals surface area contributed by atoms with Gasteiger partial charge in [0.1, 0.15) is 5.60 Å². The Kier molecular flexibility index (Phi) is 7.28. The molecule has 1 aliphatic carbocycles. The summed E-state index contributed by atoms with van der Waals surface area (Å²) in [5.74, 6) is 2.49. The molecule has 0 bridgehead atoms. The Balaban J connectivity index is 1.51. The largest absolute Gasteiger partial charge is 0.490 e. The Hall–Kier alpha value is -3.55. The van der Waals surface area contributed by atoms with Crippen LogP contribution in [0.3, 0.4) is 0 Å². The molecule has 0 saturated carbocycles. The number of hydrogen-bond acceptors (Lipinski definition) is 7. The third-order valence-electron chi connectivity index (χ3n) is 5.63. The van der Waals surface area contributed by atoms with Crippen molar-refractivity contribution in [1.29, 1.82) is 0 Å². The molecule has 35 heavy (non-hydrogen) atoms. The molecular formula is C27H33N3O5. The molecule has 0 saturated heterocycles. The Morgan fingerprint density at radius 2 is 1.89 bits per heavy atom. The number of fused-ring (bicyclic) bond motifs is 1. The molecule has 0 fully saturated rings. The summed E-state index contributed by atoms with van der Waals surface area (Å²) in [6, 6.07) is 11.7. The van der Waals surface area contributed by atoms with Gasteiger partial charge in [0, 0.05) is 5.56 Å². The molecule has 1 aromatic heterocycles. The second-order valence-electron chi connectivity index (χ2n) is 9.45. The first-order valence-electron chi connectivity index (χ1n) is 12.1. The summed E-state index contributed by atoms with van der Waals surface area (Å²) in [4.78, 5) is 16.9. The molecule has 1 unspecified atom stereocenters. The zero-order chi connectivity index (χ0) is 25.0. The van der Waals surface area contributed by atoms with E-state index in [-0.39, 0.29) is 6.04 Å². The smallest absolute Gasteiger partial charge is 0.408 e.